The third kappa shape index (κ3) is 2.82. The van der Waals surface area contributed by atoms with Crippen molar-refractivity contribution in [2.75, 3.05) is 42.5 Å². The molecule has 2 aliphatic rings. The van der Waals surface area contributed by atoms with Gasteiger partial charge in [-0.25, -0.2) is 0 Å². The Hall–Kier alpha value is -1.77. The topological polar surface area (TPSA) is 62.5 Å². The Balaban J connectivity index is 1.87. The third-order valence-corrected chi connectivity index (χ3v) is 4.44. The Bertz CT molecular complexity index is 554. The average Bonchev–Trinajstić information content (AvgIpc) is 2.93. The van der Waals surface area contributed by atoms with E-state index in [0.717, 1.165) is 44.0 Å². The zero-order chi connectivity index (χ0) is 14.8. The lowest BCUT2D eigenvalue weighted by atomic mass is 10.1. The van der Waals surface area contributed by atoms with Crippen LogP contribution in [-0.4, -0.2) is 50.0 Å². The van der Waals surface area contributed by atoms with Gasteiger partial charge in [-0.05, 0) is 31.5 Å². The lowest BCUT2D eigenvalue weighted by Gasteiger charge is -2.36. The van der Waals surface area contributed by atoms with Crippen molar-refractivity contribution in [2.45, 2.75) is 25.5 Å². The van der Waals surface area contributed by atoms with Gasteiger partial charge >= 0.3 is 0 Å². The molecule has 1 aromatic carbocycles. The molecule has 0 unspecified atom stereocenters. The zero-order valence-electron chi connectivity index (χ0n) is 12.4. The highest BCUT2D eigenvalue weighted by molar-refractivity contribution is 5.67. The van der Waals surface area contributed by atoms with Crippen LogP contribution in [-0.2, 0) is 0 Å². The van der Waals surface area contributed by atoms with Crippen molar-refractivity contribution in [3.8, 4) is 6.07 Å². The summed E-state index contributed by atoms with van der Waals surface area (Å²) in [7, 11) is 0. The fourth-order valence-corrected chi connectivity index (χ4v) is 3.25. The van der Waals surface area contributed by atoms with Crippen LogP contribution < -0.4 is 15.1 Å². The highest BCUT2D eigenvalue weighted by Crippen LogP contribution is 2.29. The minimum Gasteiger partial charge on any atom is -0.391 e. The molecule has 2 atom stereocenters. The number of piperazine rings is 1. The van der Waals surface area contributed by atoms with Gasteiger partial charge in [0.15, 0.2) is 0 Å². The molecule has 2 fully saturated rings. The largest absolute Gasteiger partial charge is 0.391 e. The Labute approximate surface area is 125 Å². The summed E-state index contributed by atoms with van der Waals surface area (Å²) in [6.07, 6.45) is 0.506. The van der Waals surface area contributed by atoms with Gasteiger partial charge in [-0.2, -0.15) is 5.26 Å². The highest BCUT2D eigenvalue weighted by atomic mass is 16.3. The Morgan fingerprint density at radius 2 is 2.24 bits per heavy atom. The number of nitrogens with one attached hydrogen (secondary N) is 1. The Morgan fingerprint density at radius 1 is 1.38 bits per heavy atom. The number of nitrogens with zero attached hydrogens (tertiary/aromatic N) is 3. The number of nitriles is 1. The molecule has 21 heavy (non-hydrogen) atoms. The van der Waals surface area contributed by atoms with Crippen LogP contribution >= 0.6 is 0 Å². The summed E-state index contributed by atoms with van der Waals surface area (Å²) in [5.74, 6) is 0. The quantitative estimate of drug-likeness (QED) is 0.847. The van der Waals surface area contributed by atoms with Gasteiger partial charge in [0.05, 0.1) is 17.4 Å². The lowest BCUT2D eigenvalue weighted by Crippen LogP contribution is -2.49. The Morgan fingerprint density at radius 3 is 2.90 bits per heavy atom. The molecule has 3 rings (SSSR count). The molecule has 5 heteroatoms. The number of β-amino-alcohol motifs (C(OH)–C–C–N with tert-alkyl or cyclic N) is 1. The molecule has 0 saturated carbocycles. The zero-order valence-corrected chi connectivity index (χ0v) is 12.4. The number of hydrogen-bond donors (Lipinski definition) is 2. The molecule has 2 N–H and O–H groups in total. The second-order valence-corrected chi connectivity index (χ2v) is 5.95. The van der Waals surface area contributed by atoms with Gasteiger partial charge in [0, 0.05) is 44.5 Å². The van der Waals surface area contributed by atoms with E-state index in [2.05, 4.69) is 34.2 Å². The summed E-state index contributed by atoms with van der Waals surface area (Å²) in [6, 6.07) is 8.87. The van der Waals surface area contributed by atoms with Crippen LogP contribution in [0.5, 0.6) is 0 Å². The smallest absolute Gasteiger partial charge is 0.101 e. The maximum atomic E-state index is 9.68. The molecular formula is C16H22N4O. The van der Waals surface area contributed by atoms with Gasteiger partial charge in [-0.15, -0.1) is 0 Å². The van der Waals surface area contributed by atoms with E-state index in [4.69, 9.17) is 0 Å². The molecule has 2 aliphatic heterocycles. The monoisotopic (exact) mass is 286 g/mol. The van der Waals surface area contributed by atoms with Gasteiger partial charge in [0.2, 0.25) is 0 Å². The predicted octanol–water partition coefficient (Wildman–Crippen LogP) is 0.927. The van der Waals surface area contributed by atoms with Crippen LogP contribution in [0, 0.1) is 11.3 Å². The van der Waals surface area contributed by atoms with E-state index in [-0.39, 0.29) is 6.10 Å². The molecular weight excluding hydrogens is 264 g/mol. The number of aliphatic hydroxyl groups is 1. The van der Waals surface area contributed by atoms with Crippen molar-refractivity contribution < 1.29 is 5.11 Å². The first-order chi connectivity index (χ1) is 10.2. The SMILES string of the molecule is C[C@H]1CNCCN1c1ccc(N2CC[C@@H](O)C2)c(C#N)c1. The number of anilines is 2. The number of aliphatic hydroxyl groups excluding tert-OH is 1. The first-order valence-electron chi connectivity index (χ1n) is 7.63. The third-order valence-electron chi connectivity index (χ3n) is 4.44. The van der Waals surface area contributed by atoms with Crippen molar-refractivity contribution >= 4 is 11.4 Å². The number of rotatable bonds is 2. The minimum absolute atomic E-state index is 0.274. The van der Waals surface area contributed by atoms with Crippen LogP contribution in [0.4, 0.5) is 11.4 Å². The van der Waals surface area contributed by atoms with Crippen molar-refractivity contribution in [1.82, 2.24) is 5.32 Å². The van der Waals surface area contributed by atoms with Crippen LogP contribution in [0.25, 0.3) is 0 Å². The van der Waals surface area contributed by atoms with Crippen LogP contribution in [0.1, 0.15) is 18.9 Å². The van der Waals surface area contributed by atoms with E-state index in [1.165, 1.54) is 0 Å². The number of hydrogen-bond acceptors (Lipinski definition) is 5. The second kappa shape index (κ2) is 5.92. The number of benzene rings is 1. The van der Waals surface area contributed by atoms with E-state index in [1.54, 1.807) is 0 Å². The summed E-state index contributed by atoms with van der Waals surface area (Å²) in [5.41, 5.74) is 2.76. The van der Waals surface area contributed by atoms with Crippen LogP contribution in [0.2, 0.25) is 0 Å². The fourth-order valence-electron chi connectivity index (χ4n) is 3.25. The first kappa shape index (κ1) is 14.2. The van der Waals surface area contributed by atoms with Crippen molar-refractivity contribution in [2.24, 2.45) is 0 Å². The van der Waals surface area contributed by atoms with Crippen molar-refractivity contribution in [3.63, 3.8) is 0 Å². The van der Waals surface area contributed by atoms with E-state index in [9.17, 15) is 10.4 Å². The molecule has 0 radical (unpaired) electrons. The van der Waals surface area contributed by atoms with E-state index >= 15 is 0 Å². The van der Waals surface area contributed by atoms with E-state index in [0.29, 0.717) is 18.2 Å². The van der Waals surface area contributed by atoms with Gasteiger partial charge < -0.3 is 20.2 Å². The molecule has 0 spiro atoms. The maximum Gasteiger partial charge on any atom is 0.101 e. The fraction of sp³-hybridized carbons (Fsp3) is 0.562. The average molecular weight is 286 g/mol. The molecule has 0 aliphatic carbocycles. The summed E-state index contributed by atoms with van der Waals surface area (Å²) >= 11 is 0. The van der Waals surface area contributed by atoms with Crippen LogP contribution in [0.15, 0.2) is 18.2 Å². The molecule has 0 bridgehead atoms. The standard InChI is InChI=1S/C16H22N4O/c1-12-10-18-5-7-20(12)14-2-3-16(13(8-14)9-17)19-6-4-15(21)11-19/h2-3,8,12,15,18,21H,4-7,10-11H2,1H3/t12-,15+/m0/s1. The van der Waals surface area contributed by atoms with Gasteiger partial charge in [0.25, 0.3) is 0 Å². The first-order valence-corrected chi connectivity index (χ1v) is 7.63. The van der Waals surface area contributed by atoms with Crippen molar-refractivity contribution in [3.05, 3.63) is 23.8 Å². The van der Waals surface area contributed by atoms with Crippen molar-refractivity contribution in [1.29, 1.82) is 5.26 Å². The summed E-state index contributed by atoms with van der Waals surface area (Å²) in [6.45, 7) is 6.56. The molecule has 2 heterocycles. The maximum absolute atomic E-state index is 9.68. The Kier molecular flexibility index (Phi) is 4.00. The molecule has 0 amide bonds. The second-order valence-electron chi connectivity index (χ2n) is 5.95. The van der Waals surface area contributed by atoms with E-state index < -0.39 is 0 Å². The molecule has 1 aromatic rings. The molecule has 5 nitrogen and oxygen atoms in total. The van der Waals surface area contributed by atoms with E-state index in [1.807, 2.05) is 12.1 Å². The molecule has 2 saturated heterocycles. The van der Waals surface area contributed by atoms with Gasteiger partial charge in [-0.1, -0.05) is 0 Å². The molecule has 0 aromatic heterocycles. The van der Waals surface area contributed by atoms with Crippen LogP contribution in [0.3, 0.4) is 0 Å². The van der Waals surface area contributed by atoms with Gasteiger partial charge in [-0.3, -0.25) is 0 Å². The molecule has 112 valence electrons. The normalized spacial score (nSPS) is 26.0. The summed E-state index contributed by atoms with van der Waals surface area (Å²) < 4.78 is 0. The predicted molar refractivity (Wildman–Crippen MR) is 83.7 cm³/mol. The minimum atomic E-state index is -0.274. The summed E-state index contributed by atoms with van der Waals surface area (Å²) in [5, 5.41) is 22.5. The lowest BCUT2D eigenvalue weighted by molar-refractivity contribution is 0.198. The summed E-state index contributed by atoms with van der Waals surface area (Å²) in [4.78, 5) is 4.45. The highest BCUT2D eigenvalue weighted by Gasteiger charge is 2.24. The van der Waals surface area contributed by atoms with Gasteiger partial charge in [0.1, 0.15) is 6.07 Å².